The normalized spacial score (nSPS) is 46.1. The molecule has 11 heteroatoms. The quantitative estimate of drug-likeness (QED) is 0.224. The number of aliphatic hydroxyl groups excluding tert-OH is 4. The van der Waals surface area contributed by atoms with E-state index in [-0.39, 0.29) is 30.0 Å². The molecule has 314 valence electrons. The minimum Gasteiger partial charge on any atom is -0.459 e. The van der Waals surface area contributed by atoms with E-state index < -0.39 is 89.0 Å². The maximum absolute atomic E-state index is 13.5. The number of fused-ring (bicyclic) bond motifs is 2. The largest absolute Gasteiger partial charge is 0.459 e. The summed E-state index contributed by atoms with van der Waals surface area (Å²) in [4.78, 5) is 40.3. The third kappa shape index (κ3) is 12.1. The first-order chi connectivity index (χ1) is 25.6. The van der Waals surface area contributed by atoms with Crippen LogP contribution >= 0.6 is 0 Å². The molecule has 2 saturated heterocycles. The van der Waals surface area contributed by atoms with Gasteiger partial charge in [0.15, 0.2) is 11.6 Å². The molecule has 2 bridgehead atoms. The Morgan fingerprint density at radius 1 is 0.836 bits per heavy atom. The Labute approximate surface area is 329 Å². The maximum Gasteiger partial charge on any atom is 0.330 e. The Morgan fingerprint density at radius 2 is 1.49 bits per heavy atom. The van der Waals surface area contributed by atoms with Crippen molar-refractivity contribution in [3.63, 3.8) is 0 Å². The van der Waals surface area contributed by atoms with Crippen molar-refractivity contribution in [2.24, 2.45) is 47.3 Å². The van der Waals surface area contributed by atoms with E-state index >= 15 is 0 Å². The predicted molar refractivity (Wildman–Crippen MR) is 210 cm³/mol. The molecule has 1 spiro atoms. The summed E-state index contributed by atoms with van der Waals surface area (Å²) in [6.07, 6.45) is 10.1. The van der Waals surface area contributed by atoms with Crippen molar-refractivity contribution < 1.29 is 54.1 Å². The second-order valence-corrected chi connectivity index (χ2v) is 17.6. The molecule has 0 radical (unpaired) electrons. The second-order valence-electron chi connectivity index (χ2n) is 17.6. The van der Waals surface area contributed by atoms with Crippen LogP contribution in [0.3, 0.4) is 0 Å². The van der Waals surface area contributed by atoms with Gasteiger partial charge in [-0.25, -0.2) is 4.79 Å². The number of hydrogen-bond donors (Lipinski definition) is 5. The summed E-state index contributed by atoms with van der Waals surface area (Å²) in [5.41, 5.74) is -2.18. The van der Waals surface area contributed by atoms with Crippen LogP contribution in [0.5, 0.6) is 0 Å². The lowest BCUT2D eigenvalue weighted by Gasteiger charge is -2.52. The third-order valence-electron chi connectivity index (χ3n) is 12.9. The molecule has 3 heterocycles. The Hall–Kier alpha value is -2.25. The van der Waals surface area contributed by atoms with Gasteiger partial charge in [-0.2, -0.15) is 0 Å². The van der Waals surface area contributed by atoms with Crippen molar-refractivity contribution in [3.05, 3.63) is 36.5 Å². The summed E-state index contributed by atoms with van der Waals surface area (Å²) in [5.74, 6) is -6.86. The number of ether oxygens (including phenoxy) is 3. The van der Waals surface area contributed by atoms with E-state index in [0.717, 1.165) is 19.3 Å². The predicted octanol–water partition coefficient (Wildman–Crippen LogP) is 5.64. The fourth-order valence-corrected chi connectivity index (χ4v) is 8.60. The maximum atomic E-state index is 13.5. The lowest BCUT2D eigenvalue weighted by atomic mass is 9.75. The minimum atomic E-state index is -2.18. The Balaban J connectivity index is 1.95. The summed E-state index contributed by atoms with van der Waals surface area (Å²) in [6.45, 7) is 17.1. The highest BCUT2D eigenvalue weighted by atomic mass is 16.7. The number of Topliss-reactive ketones (excluding diaryl/α,β-unsaturated/α-hetero) is 2. The molecule has 0 aromatic carbocycles. The molecule has 0 amide bonds. The van der Waals surface area contributed by atoms with E-state index in [4.69, 9.17) is 14.2 Å². The summed E-state index contributed by atoms with van der Waals surface area (Å²) in [7, 11) is 0. The zero-order valence-corrected chi connectivity index (χ0v) is 35.0. The molecule has 3 rings (SSSR count). The van der Waals surface area contributed by atoms with Crippen molar-refractivity contribution in [2.45, 2.75) is 175 Å². The summed E-state index contributed by atoms with van der Waals surface area (Å²) >= 11 is 0. The smallest absolute Gasteiger partial charge is 0.330 e. The van der Waals surface area contributed by atoms with Crippen molar-refractivity contribution in [1.82, 2.24) is 0 Å². The van der Waals surface area contributed by atoms with Crippen LogP contribution in [-0.2, 0) is 28.6 Å². The van der Waals surface area contributed by atoms with E-state index in [2.05, 4.69) is 19.9 Å². The molecule has 5 N–H and O–H groups in total. The molecule has 0 aromatic rings. The van der Waals surface area contributed by atoms with Crippen LogP contribution in [0.15, 0.2) is 36.5 Å². The van der Waals surface area contributed by atoms with Crippen LogP contribution < -0.4 is 0 Å². The average Bonchev–Trinajstić information content (AvgIpc) is 3.14. The van der Waals surface area contributed by atoms with Gasteiger partial charge in [0.05, 0.1) is 36.6 Å². The number of allylic oxidation sites excluding steroid dienone is 4. The van der Waals surface area contributed by atoms with E-state index in [1.807, 2.05) is 25.2 Å². The monoisotopic (exact) mass is 777 g/mol. The molecule has 0 saturated carbocycles. The van der Waals surface area contributed by atoms with Gasteiger partial charge in [-0.15, -0.1) is 0 Å². The average molecular weight is 777 g/mol. The van der Waals surface area contributed by atoms with Crippen LogP contribution in [0, 0.1) is 47.3 Å². The van der Waals surface area contributed by atoms with Crippen LogP contribution in [0.4, 0.5) is 0 Å². The van der Waals surface area contributed by atoms with Gasteiger partial charge in [-0.1, -0.05) is 85.8 Å². The summed E-state index contributed by atoms with van der Waals surface area (Å²) in [5, 5.41) is 54.9. The first-order valence-corrected chi connectivity index (χ1v) is 20.8. The summed E-state index contributed by atoms with van der Waals surface area (Å²) in [6, 6.07) is 0. The Bertz CT molecular complexity index is 1350. The van der Waals surface area contributed by atoms with Crippen LogP contribution in [0.25, 0.3) is 0 Å². The minimum absolute atomic E-state index is 0.144. The topological polar surface area (TPSA) is 180 Å². The molecule has 0 unspecified atom stereocenters. The van der Waals surface area contributed by atoms with Gasteiger partial charge in [0.1, 0.15) is 17.5 Å². The molecule has 3 aliphatic heterocycles. The second kappa shape index (κ2) is 20.4. The molecule has 17 atom stereocenters. The highest BCUT2D eigenvalue weighted by Crippen LogP contribution is 2.46. The lowest BCUT2D eigenvalue weighted by molar-refractivity contribution is -0.347. The standard InChI is InChI=1S/C44H72O11/c1-11-33-16-14-12-13-15-27(4)41(50)43(10,52)42(51)32(9)40(49)31(8)39(48)30(7)38(47)26(3)17-20-37(46)53-36-24-44(54-34(19-18-33)29(36)6)22-21-25(2)35(55-44)23-28(5)45/h12-14,16-17,20,25-36,38,40-41,45,47,49-50,52H,11,15,18-19,21-24H2,1-10H3/b13-12+,16-14+,20-17+/t25-,26-,27+,28-,29+,30-,31-,32-,33-,34-,35-,36-,38+,40+,41-,43+,44-/m1/s1. The van der Waals surface area contributed by atoms with E-state index in [9.17, 15) is 39.9 Å². The number of hydrogen-bond acceptors (Lipinski definition) is 11. The molecule has 2 fully saturated rings. The SMILES string of the molecule is CC[C@@H]1/C=C/C=C/C[C@H](C)[C@@H](O)[C@](C)(O)C(=O)[C@H](C)[C@@H](O)[C@H](C)C(=O)[C@H](C)[C@@H](O)[C@H](C)/C=C/C(=O)O[C@@H]2C[C@]3(CC[C@@H](C)[C@@H](C[C@@H](C)O)O3)O[C@H](CC1)[C@@H]2C. The number of carbonyl (C=O) groups is 3. The zero-order valence-electron chi connectivity index (χ0n) is 35.0. The highest BCUT2D eigenvalue weighted by Gasteiger charge is 2.51. The van der Waals surface area contributed by atoms with Crippen LogP contribution in [-0.4, -0.2) is 97.2 Å². The first-order valence-electron chi connectivity index (χ1n) is 20.8. The van der Waals surface area contributed by atoms with E-state index in [0.29, 0.717) is 32.1 Å². The number of esters is 1. The van der Waals surface area contributed by atoms with Gasteiger partial charge < -0.3 is 39.7 Å². The van der Waals surface area contributed by atoms with E-state index in [1.165, 1.54) is 39.8 Å². The number of rotatable bonds is 3. The molecule has 0 aromatic heterocycles. The molecule has 11 nitrogen and oxygen atoms in total. The first kappa shape index (κ1) is 47.1. The summed E-state index contributed by atoms with van der Waals surface area (Å²) < 4.78 is 19.7. The Morgan fingerprint density at radius 3 is 2.13 bits per heavy atom. The molecule has 0 aliphatic carbocycles. The zero-order chi connectivity index (χ0) is 41.4. The van der Waals surface area contributed by atoms with Gasteiger partial charge in [0.2, 0.25) is 0 Å². The third-order valence-corrected chi connectivity index (χ3v) is 12.9. The fraction of sp³-hybridized carbons (Fsp3) is 0.795. The lowest BCUT2D eigenvalue weighted by Crippen LogP contribution is -2.57. The van der Waals surface area contributed by atoms with Gasteiger partial charge in [0, 0.05) is 48.5 Å². The fourth-order valence-electron chi connectivity index (χ4n) is 8.60. The van der Waals surface area contributed by atoms with Crippen molar-refractivity contribution in [2.75, 3.05) is 0 Å². The number of carbonyl (C=O) groups excluding carboxylic acids is 3. The highest BCUT2D eigenvalue weighted by molar-refractivity contribution is 5.91. The van der Waals surface area contributed by atoms with Crippen molar-refractivity contribution >= 4 is 17.5 Å². The van der Waals surface area contributed by atoms with Gasteiger partial charge >= 0.3 is 5.97 Å². The van der Waals surface area contributed by atoms with Gasteiger partial charge in [-0.3, -0.25) is 9.59 Å². The van der Waals surface area contributed by atoms with Gasteiger partial charge in [-0.05, 0) is 70.1 Å². The molecule has 3 aliphatic rings. The molecular formula is C44H72O11. The Kier molecular flexibility index (Phi) is 17.5. The van der Waals surface area contributed by atoms with Crippen LogP contribution in [0.2, 0.25) is 0 Å². The van der Waals surface area contributed by atoms with E-state index in [1.54, 1.807) is 20.8 Å². The number of aliphatic hydroxyl groups is 5. The van der Waals surface area contributed by atoms with Crippen LogP contribution in [0.1, 0.15) is 121 Å². The van der Waals surface area contributed by atoms with Gasteiger partial charge in [0.25, 0.3) is 0 Å². The van der Waals surface area contributed by atoms with Crippen molar-refractivity contribution in [3.8, 4) is 0 Å². The molecular weight excluding hydrogens is 704 g/mol. The molecule has 55 heavy (non-hydrogen) atoms. The van der Waals surface area contributed by atoms with Crippen molar-refractivity contribution in [1.29, 1.82) is 0 Å². The number of ketones is 2.